The van der Waals surface area contributed by atoms with Crippen LogP contribution in [0, 0.1) is 0 Å². The van der Waals surface area contributed by atoms with E-state index in [1.165, 1.54) is 17.8 Å². The predicted octanol–water partition coefficient (Wildman–Crippen LogP) is 3.91. The molecule has 6 heteroatoms. The second kappa shape index (κ2) is 7.03. The normalized spacial score (nSPS) is 18.7. The van der Waals surface area contributed by atoms with Crippen molar-refractivity contribution in [2.45, 2.75) is 19.9 Å². The van der Waals surface area contributed by atoms with E-state index in [2.05, 4.69) is 11.6 Å². The van der Waals surface area contributed by atoms with E-state index in [0.29, 0.717) is 16.6 Å². The molecule has 0 radical (unpaired) electrons. The summed E-state index contributed by atoms with van der Waals surface area (Å²) in [5.74, 6) is -0.0851. The number of nitrogens with zero attached hydrogens (tertiary/aromatic N) is 2. The van der Waals surface area contributed by atoms with E-state index in [-0.39, 0.29) is 22.7 Å². The molecule has 0 spiro atoms. The minimum atomic E-state index is -0.103. The Labute approximate surface area is 139 Å². The van der Waals surface area contributed by atoms with Gasteiger partial charge in [-0.25, -0.2) is 0 Å². The van der Waals surface area contributed by atoms with Gasteiger partial charge in [0.05, 0.1) is 9.93 Å². The van der Waals surface area contributed by atoms with Gasteiger partial charge in [0.25, 0.3) is 5.91 Å². The minimum Gasteiger partial charge on any atom is -0.506 e. The molecule has 0 aliphatic carbocycles. The Morgan fingerprint density at radius 3 is 2.82 bits per heavy atom. The van der Waals surface area contributed by atoms with Gasteiger partial charge in [0.1, 0.15) is 5.75 Å². The first kappa shape index (κ1) is 16.6. The maximum absolute atomic E-state index is 12.5. The van der Waals surface area contributed by atoms with Crippen molar-refractivity contribution in [2.75, 3.05) is 6.54 Å². The first-order chi connectivity index (χ1) is 10.4. The number of carbonyl (C=O) groups is 1. The van der Waals surface area contributed by atoms with Crippen LogP contribution in [0.25, 0.3) is 6.08 Å². The molecule has 4 nitrogen and oxygen atoms in total. The molecule has 2 rings (SSSR count). The topological polar surface area (TPSA) is 52.9 Å². The molecular formula is C16H17ClN2O2S. The zero-order chi connectivity index (χ0) is 16.3. The maximum atomic E-state index is 12.5. The number of aliphatic imine (C=N–C) groups is 1. The van der Waals surface area contributed by atoms with Crippen molar-refractivity contribution in [1.82, 2.24) is 4.90 Å². The molecule has 1 aromatic carbocycles. The first-order valence-corrected chi connectivity index (χ1v) is 8.00. The van der Waals surface area contributed by atoms with Crippen LogP contribution in [0.1, 0.15) is 19.4 Å². The van der Waals surface area contributed by atoms with Crippen LogP contribution in [0.4, 0.5) is 0 Å². The van der Waals surface area contributed by atoms with Crippen molar-refractivity contribution in [1.29, 1.82) is 0 Å². The molecule has 1 saturated heterocycles. The summed E-state index contributed by atoms with van der Waals surface area (Å²) in [6, 6.07) is 4.93. The number of halogens is 1. The number of hydrogen-bond acceptors (Lipinski definition) is 4. The van der Waals surface area contributed by atoms with E-state index < -0.39 is 0 Å². The number of aromatic hydroxyl groups is 1. The van der Waals surface area contributed by atoms with Crippen LogP contribution < -0.4 is 0 Å². The number of rotatable bonds is 4. The predicted molar refractivity (Wildman–Crippen MR) is 93.2 cm³/mol. The van der Waals surface area contributed by atoms with E-state index in [1.54, 1.807) is 29.2 Å². The highest BCUT2D eigenvalue weighted by Crippen LogP contribution is 2.34. The van der Waals surface area contributed by atoms with E-state index in [9.17, 15) is 9.90 Å². The van der Waals surface area contributed by atoms with E-state index in [4.69, 9.17) is 11.6 Å². The van der Waals surface area contributed by atoms with Gasteiger partial charge < -0.3 is 5.11 Å². The fourth-order valence-corrected chi connectivity index (χ4v) is 3.19. The minimum absolute atomic E-state index is 0.0181. The van der Waals surface area contributed by atoms with Crippen molar-refractivity contribution in [2.24, 2.45) is 4.99 Å². The summed E-state index contributed by atoms with van der Waals surface area (Å²) in [7, 11) is 0. The number of amides is 1. The third kappa shape index (κ3) is 3.72. The molecule has 1 aliphatic rings. The van der Waals surface area contributed by atoms with Crippen LogP contribution in [-0.4, -0.2) is 33.7 Å². The number of phenols is 1. The molecule has 1 heterocycles. The third-order valence-corrected chi connectivity index (χ3v) is 4.16. The van der Waals surface area contributed by atoms with Gasteiger partial charge in [0.2, 0.25) is 0 Å². The number of benzene rings is 1. The molecule has 0 saturated carbocycles. The molecule has 1 aliphatic heterocycles. The highest BCUT2D eigenvalue weighted by atomic mass is 35.5. The Balaban J connectivity index is 2.35. The molecule has 0 atom stereocenters. The monoisotopic (exact) mass is 336 g/mol. The zero-order valence-electron chi connectivity index (χ0n) is 12.4. The number of thioether (sulfide) groups is 1. The smallest absolute Gasteiger partial charge is 0.267 e. The molecule has 22 heavy (non-hydrogen) atoms. The van der Waals surface area contributed by atoms with E-state index >= 15 is 0 Å². The largest absolute Gasteiger partial charge is 0.506 e. The second-order valence-electron chi connectivity index (χ2n) is 5.03. The van der Waals surface area contributed by atoms with Crippen LogP contribution in [0.15, 0.2) is 40.8 Å². The van der Waals surface area contributed by atoms with Gasteiger partial charge in [-0.05, 0) is 49.4 Å². The Hall–Kier alpha value is -1.72. The third-order valence-electron chi connectivity index (χ3n) is 2.84. The van der Waals surface area contributed by atoms with Gasteiger partial charge in [-0.1, -0.05) is 23.7 Å². The molecule has 1 amide bonds. The van der Waals surface area contributed by atoms with Crippen LogP contribution in [0.2, 0.25) is 5.02 Å². The summed E-state index contributed by atoms with van der Waals surface area (Å²) in [6.45, 7) is 8.03. The van der Waals surface area contributed by atoms with Crippen molar-refractivity contribution in [3.05, 3.63) is 46.3 Å². The summed E-state index contributed by atoms with van der Waals surface area (Å²) < 4.78 is 0. The fourth-order valence-electron chi connectivity index (χ4n) is 1.88. The quantitative estimate of drug-likeness (QED) is 0.670. The number of phenolic OH excluding ortho intramolecular Hbond substituents is 1. The number of carbonyl (C=O) groups excluding carboxylic acids is 1. The van der Waals surface area contributed by atoms with E-state index in [0.717, 1.165) is 5.56 Å². The summed E-state index contributed by atoms with van der Waals surface area (Å²) >= 11 is 7.23. The van der Waals surface area contributed by atoms with Crippen molar-refractivity contribution < 1.29 is 9.90 Å². The molecule has 0 aromatic heterocycles. The summed E-state index contributed by atoms with van der Waals surface area (Å²) in [4.78, 5) is 19.1. The molecule has 1 aromatic rings. The highest BCUT2D eigenvalue weighted by molar-refractivity contribution is 8.18. The second-order valence-corrected chi connectivity index (χ2v) is 6.45. The van der Waals surface area contributed by atoms with Crippen molar-refractivity contribution >= 4 is 40.5 Å². The van der Waals surface area contributed by atoms with Crippen molar-refractivity contribution in [3.8, 4) is 5.75 Å². The Morgan fingerprint density at radius 1 is 1.50 bits per heavy atom. The zero-order valence-corrected chi connectivity index (χ0v) is 14.0. The Kier molecular flexibility index (Phi) is 5.32. The van der Waals surface area contributed by atoms with Gasteiger partial charge in [0, 0.05) is 12.6 Å². The van der Waals surface area contributed by atoms with Gasteiger partial charge in [-0.3, -0.25) is 14.7 Å². The lowest BCUT2D eigenvalue weighted by Gasteiger charge is -2.13. The molecule has 116 valence electrons. The van der Waals surface area contributed by atoms with Crippen LogP contribution >= 0.6 is 23.4 Å². The summed E-state index contributed by atoms with van der Waals surface area (Å²) in [5.41, 5.74) is 0.753. The molecule has 1 fully saturated rings. The average molecular weight is 337 g/mol. The summed E-state index contributed by atoms with van der Waals surface area (Å²) in [6.07, 6.45) is 3.42. The Bertz CT molecular complexity index is 668. The van der Waals surface area contributed by atoms with Gasteiger partial charge in [-0.2, -0.15) is 0 Å². The van der Waals surface area contributed by atoms with E-state index in [1.807, 2.05) is 13.8 Å². The van der Waals surface area contributed by atoms with Gasteiger partial charge in [0.15, 0.2) is 5.17 Å². The maximum Gasteiger partial charge on any atom is 0.267 e. The molecular weight excluding hydrogens is 320 g/mol. The molecule has 0 bridgehead atoms. The lowest BCUT2D eigenvalue weighted by atomic mass is 10.2. The summed E-state index contributed by atoms with van der Waals surface area (Å²) in [5, 5.41) is 10.4. The highest BCUT2D eigenvalue weighted by Gasteiger charge is 2.32. The van der Waals surface area contributed by atoms with Gasteiger partial charge >= 0.3 is 0 Å². The SMILES string of the molecule is C=CCN1C(=O)/C(=C/c2ccc(O)c(Cl)c2)SC1=NC(C)C. The van der Waals surface area contributed by atoms with Crippen LogP contribution in [-0.2, 0) is 4.79 Å². The molecule has 1 N–H and O–H groups in total. The number of amidine groups is 1. The fraction of sp³-hybridized carbons (Fsp3) is 0.250. The standard InChI is InChI=1S/C16H17ClN2O2S/c1-4-7-19-15(21)14(22-16(19)18-10(2)3)9-11-5-6-13(20)12(17)8-11/h4-6,8-10,20H,1,7H2,2-3H3/b14-9-,18-16?. The lowest BCUT2D eigenvalue weighted by molar-refractivity contribution is -0.121. The number of hydrogen-bond donors (Lipinski definition) is 1. The Morgan fingerprint density at radius 2 is 2.23 bits per heavy atom. The lowest BCUT2D eigenvalue weighted by Crippen LogP contribution is -2.29. The van der Waals surface area contributed by atoms with Crippen LogP contribution in [0.3, 0.4) is 0 Å². The van der Waals surface area contributed by atoms with Gasteiger partial charge in [-0.15, -0.1) is 6.58 Å². The first-order valence-electron chi connectivity index (χ1n) is 6.81. The van der Waals surface area contributed by atoms with Crippen LogP contribution in [0.5, 0.6) is 5.75 Å². The molecule has 0 unspecified atom stereocenters. The van der Waals surface area contributed by atoms with Crippen molar-refractivity contribution in [3.63, 3.8) is 0 Å². The average Bonchev–Trinajstić information content (AvgIpc) is 2.71.